The first kappa shape index (κ1) is 12.6. The molecule has 2 rings (SSSR count). The molecule has 0 radical (unpaired) electrons. The van der Waals surface area contributed by atoms with Crippen molar-refractivity contribution in [3.63, 3.8) is 0 Å². The van der Waals surface area contributed by atoms with Crippen molar-refractivity contribution in [2.45, 2.75) is 13.0 Å². The fourth-order valence-electron chi connectivity index (χ4n) is 2.15. The molecule has 0 atom stereocenters. The Labute approximate surface area is 104 Å². The van der Waals surface area contributed by atoms with E-state index in [1.54, 1.807) is 18.2 Å². The van der Waals surface area contributed by atoms with Crippen molar-refractivity contribution >= 4 is 16.9 Å². The van der Waals surface area contributed by atoms with Crippen molar-refractivity contribution in [3.05, 3.63) is 35.5 Å². The zero-order chi connectivity index (χ0) is 13.1. The molecule has 0 fully saturated rings. The van der Waals surface area contributed by atoms with Crippen LogP contribution in [0.25, 0.3) is 10.9 Å². The van der Waals surface area contributed by atoms with Crippen LogP contribution in [0.5, 0.6) is 0 Å². The molecule has 0 amide bonds. The number of benzene rings is 1. The van der Waals surface area contributed by atoms with Crippen LogP contribution in [0.3, 0.4) is 0 Å². The highest BCUT2D eigenvalue weighted by Gasteiger charge is 2.11. The summed E-state index contributed by atoms with van der Waals surface area (Å²) in [6, 6.07) is 5.01. The third-order valence-electron chi connectivity index (χ3n) is 2.97. The number of hydrogen-bond donors (Lipinski definition) is 3. The summed E-state index contributed by atoms with van der Waals surface area (Å²) in [4.78, 5) is 11.0. The van der Waals surface area contributed by atoms with E-state index in [9.17, 15) is 4.79 Å². The molecule has 0 bridgehead atoms. The zero-order valence-electron chi connectivity index (χ0n) is 9.97. The number of nitrogens with two attached hydrogens (primary N) is 1. The molecule has 0 aliphatic heterocycles. The molecule has 96 valence electrons. The van der Waals surface area contributed by atoms with E-state index in [4.69, 9.17) is 15.9 Å². The van der Waals surface area contributed by atoms with Crippen LogP contribution in [0, 0.1) is 0 Å². The number of fused-ring (bicyclic) bond motifs is 1. The Morgan fingerprint density at radius 2 is 2.17 bits per heavy atom. The number of carbonyl (C=O) groups is 1. The summed E-state index contributed by atoms with van der Waals surface area (Å²) >= 11 is 0. The molecule has 5 heteroatoms. The van der Waals surface area contributed by atoms with Gasteiger partial charge >= 0.3 is 5.97 Å². The fourth-order valence-corrected chi connectivity index (χ4v) is 2.15. The van der Waals surface area contributed by atoms with Gasteiger partial charge in [-0.15, -0.1) is 0 Å². The van der Waals surface area contributed by atoms with Crippen LogP contribution in [0.15, 0.2) is 24.4 Å². The highest BCUT2D eigenvalue weighted by Crippen LogP contribution is 2.23. The molecule has 0 aliphatic carbocycles. The predicted molar refractivity (Wildman–Crippen MR) is 68.7 cm³/mol. The molecule has 0 spiro atoms. The summed E-state index contributed by atoms with van der Waals surface area (Å²) in [5.74, 6) is -0.939. The highest BCUT2D eigenvalue weighted by atomic mass is 16.4. The van der Waals surface area contributed by atoms with Crippen molar-refractivity contribution in [2.24, 2.45) is 5.73 Å². The first-order chi connectivity index (χ1) is 8.67. The van der Waals surface area contributed by atoms with Gasteiger partial charge in [0.1, 0.15) is 0 Å². The van der Waals surface area contributed by atoms with Gasteiger partial charge in [-0.1, -0.05) is 0 Å². The lowest BCUT2D eigenvalue weighted by Crippen LogP contribution is -2.02. The number of hydrogen-bond acceptors (Lipinski definition) is 3. The quantitative estimate of drug-likeness (QED) is 0.731. The van der Waals surface area contributed by atoms with Gasteiger partial charge in [0.15, 0.2) is 0 Å². The summed E-state index contributed by atoms with van der Waals surface area (Å²) in [6.45, 7) is 1.05. The van der Waals surface area contributed by atoms with Gasteiger partial charge in [-0.05, 0) is 36.7 Å². The van der Waals surface area contributed by atoms with Gasteiger partial charge in [0.2, 0.25) is 0 Å². The predicted octanol–water partition coefficient (Wildman–Crippen LogP) is 0.833. The average molecular weight is 248 g/mol. The largest absolute Gasteiger partial charge is 0.478 e. The Bertz CT molecular complexity index is 575. The molecule has 4 N–H and O–H groups in total. The molecular formula is C13H16N2O3. The molecule has 0 saturated carbocycles. The lowest BCUT2D eigenvalue weighted by atomic mass is 10.1. The lowest BCUT2D eigenvalue weighted by Gasteiger charge is -2.02. The maximum absolute atomic E-state index is 11.0. The summed E-state index contributed by atoms with van der Waals surface area (Å²) in [6.07, 6.45) is 2.62. The van der Waals surface area contributed by atoms with Gasteiger partial charge in [0.05, 0.1) is 12.2 Å². The minimum Gasteiger partial charge on any atom is -0.478 e. The van der Waals surface area contributed by atoms with Gasteiger partial charge < -0.3 is 20.5 Å². The van der Waals surface area contributed by atoms with E-state index in [2.05, 4.69) is 0 Å². The molecule has 0 aliphatic rings. The number of aromatic nitrogens is 1. The number of aliphatic hydroxyl groups excluding tert-OH is 1. The van der Waals surface area contributed by atoms with Crippen LogP contribution in [-0.4, -0.2) is 33.9 Å². The van der Waals surface area contributed by atoms with E-state index in [-0.39, 0.29) is 12.2 Å². The Morgan fingerprint density at radius 1 is 1.39 bits per heavy atom. The molecule has 18 heavy (non-hydrogen) atoms. The van der Waals surface area contributed by atoms with Crippen LogP contribution >= 0.6 is 0 Å². The van der Waals surface area contributed by atoms with E-state index in [0.717, 1.165) is 16.5 Å². The normalized spacial score (nSPS) is 11.0. The van der Waals surface area contributed by atoms with Crippen molar-refractivity contribution in [1.29, 1.82) is 0 Å². The highest BCUT2D eigenvalue weighted by molar-refractivity contribution is 5.95. The Morgan fingerprint density at radius 3 is 2.78 bits per heavy atom. The summed E-state index contributed by atoms with van der Waals surface area (Å²) < 4.78 is 1.92. The van der Waals surface area contributed by atoms with Crippen LogP contribution in [0.4, 0.5) is 0 Å². The second kappa shape index (κ2) is 5.20. The van der Waals surface area contributed by atoms with Crippen LogP contribution in [-0.2, 0) is 13.0 Å². The molecular weight excluding hydrogens is 232 g/mol. The van der Waals surface area contributed by atoms with Gasteiger partial charge in [-0.2, -0.15) is 0 Å². The van der Waals surface area contributed by atoms with Gasteiger partial charge in [-0.25, -0.2) is 4.79 Å². The standard InChI is InChI=1S/C13H16N2O3/c14-4-3-10-8-15(5-6-16)12-2-1-9(13(17)18)7-11(10)12/h1-2,7-8,16H,3-6,14H2,(H,17,18). The molecule has 5 nitrogen and oxygen atoms in total. The van der Waals surface area contributed by atoms with Crippen molar-refractivity contribution in [2.75, 3.05) is 13.2 Å². The summed E-state index contributed by atoms with van der Waals surface area (Å²) in [5.41, 5.74) is 7.77. The van der Waals surface area contributed by atoms with E-state index < -0.39 is 5.97 Å². The number of aromatic carboxylic acids is 1. The zero-order valence-corrected chi connectivity index (χ0v) is 9.97. The van der Waals surface area contributed by atoms with Crippen molar-refractivity contribution in [3.8, 4) is 0 Å². The molecule has 2 aromatic rings. The van der Waals surface area contributed by atoms with Crippen LogP contribution in [0.2, 0.25) is 0 Å². The maximum atomic E-state index is 11.0. The number of rotatable bonds is 5. The third-order valence-corrected chi connectivity index (χ3v) is 2.97. The molecule has 0 unspecified atom stereocenters. The fraction of sp³-hybridized carbons (Fsp3) is 0.308. The lowest BCUT2D eigenvalue weighted by molar-refractivity contribution is 0.0697. The number of carboxylic acids is 1. The van der Waals surface area contributed by atoms with Gasteiger partial charge in [0, 0.05) is 23.6 Å². The van der Waals surface area contributed by atoms with Gasteiger partial charge in [-0.3, -0.25) is 0 Å². The van der Waals surface area contributed by atoms with Crippen LogP contribution < -0.4 is 5.73 Å². The molecule has 1 aromatic carbocycles. The van der Waals surface area contributed by atoms with E-state index >= 15 is 0 Å². The first-order valence-electron chi connectivity index (χ1n) is 5.83. The number of carboxylic acid groups (broad SMARTS) is 1. The smallest absolute Gasteiger partial charge is 0.335 e. The second-order valence-corrected chi connectivity index (χ2v) is 4.15. The van der Waals surface area contributed by atoms with Crippen molar-refractivity contribution < 1.29 is 15.0 Å². The Balaban J connectivity index is 2.59. The average Bonchev–Trinajstić information content (AvgIpc) is 2.68. The number of aliphatic hydroxyl groups is 1. The van der Waals surface area contributed by atoms with Gasteiger partial charge in [0.25, 0.3) is 0 Å². The molecule has 1 aromatic heterocycles. The minimum absolute atomic E-state index is 0.0481. The monoisotopic (exact) mass is 248 g/mol. The first-order valence-corrected chi connectivity index (χ1v) is 5.83. The SMILES string of the molecule is NCCc1cn(CCO)c2ccc(C(=O)O)cc12. The van der Waals surface area contributed by atoms with E-state index in [0.29, 0.717) is 19.5 Å². The minimum atomic E-state index is -0.939. The van der Waals surface area contributed by atoms with E-state index in [1.165, 1.54) is 0 Å². The third kappa shape index (κ3) is 2.23. The second-order valence-electron chi connectivity index (χ2n) is 4.15. The number of nitrogens with zero attached hydrogens (tertiary/aromatic N) is 1. The molecule has 0 saturated heterocycles. The Hall–Kier alpha value is -1.85. The Kier molecular flexibility index (Phi) is 3.64. The molecule has 1 heterocycles. The topological polar surface area (TPSA) is 88.5 Å². The maximum Gasteiger partial charge on any atom is 0.335 e. The summed E-state index contributed by atoms with van der Waals surface area (Å²) in [7, 11) is 0. The summed E-state index contributed by atoms with van der Waals surface area (Å²) in [5, 5.41) is 18.9. The van der Waals surface area contributed by atoms with Crippen molar-refractivity contribution in [1.82, 2.24) is 4.57 Å². The van der Waals surface area contributed by atoms with E-state index in [1.807, 2.05) is 10.8 Å². The van der Waals surface area contributed by atoms with Crippen LogP contribution in [0.1, 0.15) is 15.9 Å².